The molecule has 0 bridgehead atoms. The molecule has 4 nitrogen and oxygen atoms in total. The number of halogens is 2. The number of allylic oxidation sites excluding steroid dienone is 3. The molecule has 154 valence electrons. The topological polar surface area (TPSA) is 32.8 Å². The molecule has 4 rings (SSSR count). The Morgan fingerprint density at radius 2 is 1.80 bits per heavy atom. The summed E-state index contributed by atoms with van der Waals surface area (Å²) in [6.07, 6.45) is 5.10. The van der Waals surface area contributed by atoms with Crippen molar-refractivity contribution < 1.29 is 18.3 Å². The fourth-order valence-corrected chi connectivity index (χ4v) is 4.65. The van der Waals surface area contributed by atoms with Gasteiger partial charge in [0, 0.05) is 35.3 Å². The maximum Gasteiger partial charge on any atom is 0.186 e. The van der Waals surface area contributed by atoms with Crippen LogP contribution in [0.2, 0.25) is 0 Å². The van der Waals surface area contributed by atoms with Crippen LogP contribution in [0.5, 0.6) is 5.75 Å². The highest BCUT2D eigenvalue weighted by atomic mass is 32.2. The van der Waals surface area contributed by atoms with Gasteiger partial charge in [-0.05, 0) is 55.5 Å². The highest BCUT2D eigenvalue weighted by molar-refractivity contribution is 8.03. The lowest BCUT2D eigenvalue weighted by Crippen LogP contribution is -2.29. The van der Waals surface area contributed by atoms with Crippen LogP contribution in [-0.2, 0) is 0 Å². The Kier molecular flexibility index (Phi) is 5.39. The minimum absolute atomic E-state index is 0.0271. The molecule has 2 aromatic carbocycles. The monoisotopic (exact) mass is 426 g/mol. The number of thioether (sulfide) groups is 1. The van der Waals surface area contributed by atoms with E-state index >= 15 is 0 Å². The molecule has 1 atom stereocenters. The summed E-state index contributed by atoms with van der Waals surface area (Å²) in [5.74, 6) is -1.26. The zero-order chi connectivity index (χ0) is 21.4. The van der Waals surface area contributed by atoms with Crippen LogP contribution < -0.4 is 4.74 Å². The van der Waals surface area contributed by atoms with E-state index in [1.165, 1.54) is 6.08 Å². The summed E-state index contributed by atoms with van der Waals surface area (Å²) in [7, 11) is 3.62. The van der Waals surface area contributed by atoms with Crippen LogP contribution in [0.4, 0.5) is 8.78 Å². The second kappa shape index (κ2) is 7.99. The zero-order valence-corrected chi connectivity index (χ0v) is 17.5. The van der Waals surface area contributed by atoms with Crippen molar-refractivity contribution in [2.45, 2.75) is 12.4 Å². The van der Waals surface area contributed by atoms with Crippen LogP contribution in [0.25, 0.3) is 5.70 Å². The van der Waals surface area contributed by atoms with E-state index in [1.807, 2.05) is 44.4 Å². The Morgan fingerprint density at radius 3 is 2.43 bits per heavy atom. The van der Waals surface area contributed by atoms with Crippen molar-refractivity contribution in [2.24, 2.45) is 0 Å². The van der Waals surface area contributed by atoms with E-state index in [9.17, 15) is 13.6 Å². The van der Waals surface area contributed by atoms with Crippen LogP contribution in [0.3, 0.4) is 0 Å². The maximum absolute atomic E-state index is 13.5. The van der Waals surface area contributed by atoms with Crippen molar-refractivity contribution in [1.29, 1.82) is 0 Å². The molecule has 2 aliphatic heterocycles. The summed E-state index contributed by atoms with van der Waals surface area (Å²) in [5.41, 5.74) is 2.78. The Labute approximate surface area is 178 Å². The first-order chi connectivity index (χ1) is 14.4. The Hall–Kier alpha value is -3.06. The smallest absolute Gasteiger partial charge is 0.186 e. The molecule has 2 heterocycles. The van der Waals surface area contributed by atoms with Gasteiger partial charge >= 0.3 is 0 Å². The van der Waals surface area contributed by atoms with Crippen molar-refractivity contribution in [1.82, 2.24) is 9.80 Å². The van der Waals surface area contributed by atoms with E-state index in [-0.39, 0.29) is 11.1 Å². The SMILES string of the molecule is COc1ccc(C2=C(/C=C/C(=O)c3cc(F)cc(F)c3)N3C=C(C)SC3N2C)cc1. The minimum Gasteiger partial charge on any atom is -0.497 e. The van der Waals surface area contributed by atoms with Crippen molar-refractivity contribution in [3.63, 3.8) is 0 Å². The zero-order valence-electron chi connectivity index (χ0n) is 16.7. The maximum atomic E-state index is 13.5. The second-order valence-corrected chi connectivity index (χ2v) is 8.32. The molecule has 0 aliphatic carbocycles. The number of fused-ring (bicyclic) bond motifs is 1. The number of carbonyl (C=O) groups excluding carboxylic acids is 1. The van der Waals surface area contributed by atoms with Gasteiger partial charge < -0.3 is 14.5 Å². The van der Waals surface area contributed by atoms with Crippen molar-refractivity contribution in [3.05, 3.63) is 94.2 Å². The van der Waals surface area contributed by atoms with Crippen LogP contribution >= 0.6 is 11.8 Å². The first-order valence-electron chi connectivity index (χ1n) is 9.31. The molecule has 30 heavy (non-hydrogen) atoms. The number of carbonyl (C=O) groups is 1. The number of hydrogen-bond acceptors (Lipinski definition) is 5. The molecule has 0 radical (unpaired) electrons. The van der Waals surface area contributed by atoms with Gasteiger partial charge in [-0.2, -0.15) is 0 Å². The van der Waals surface area contributed by atoms with Crippen molar-refractivity contribution >= 4 is 23.2 Å². The molecule has 7 heteroatoms. The van der Waals surface area contributed by atoms with Gasteiger partial charge in [0.2, 0.25) is 0 Å². The summed E-state index contributed by atoms with van der Waals surface area (Å²) in [5, 5.41) is 0. The molecule has 0 spiro atoms. The van der Waals surface area contributed by atoms with Gasteiger partial charge in [0.15, 0.2) is 11.3 Å². The number of nitrogens with zero attached hydrogens (tertiary/aromatic N) is 2. The molecular weight excluding hydrogens is 406 g/mol. The number of benzene rings is 2. The van der Waals surface area contributed by atoms with Crippen molar-refractivity contribution in [3.8, 4) is 5.75 Å². The van der Waals surface area contributed by atoms with E-state index in [0.29, 0.717) is 0 Å². The van der Waals surface area contributed by atoms with Gasteiger partial charge in [-0.15, -0.1) is 0 Å². The van der Waals surface area contributed by atoms with E-state index in [0.717, 1.165) is 45.8 Å². The third kappa shape index (κ3) is 3.73. The average molecular weight is 426 g/mol. The predicted octanol–water partition coefficient (Wildman–Crippen LogP) is 5.22. The lowest BCUT2D eigenvalue weighted by Gasteiger charge is -2.24. The summed E-state index contributed by atoms with van der Waals surface area (Å²) in [4.78, 5) is 18.0. The van der Waals surface area contributed by atoms with Crippen LogP contribution in [0, 0.1) is 11.6 Å². The lowest BCUT2D eigenvalue weighted by atomic mass is 10.1. The fraction of sp³-hybridized carbons (Fsp3) is 0.174. The molecule has 0 N–H and O–H groups in total. The van der Waals surface area contributed by atoms with E-state index in [1.54, 1.807) is 24.9 Å². The van der Waals surface area contributed by atoms with Gasteiger partial charge in [0.1, 0.15) is 17.4 Å². The molecular formula is C23H20F2N2O2S. The number of methoxy groups -OCH3 is 1. The van der Waals surface area contributed by atoms with Crippen LogP contribution in [0.1, 0.15) is 22.8 Å². The van der Waals surface area contributed by atoms with E-state index < -0.39 is 17.4 Å². The Bertz CT molecular complexity index is 1070. The van der Waals surface area contributed by atoms with Gasteiger partial charge in [-0.1, -0.05) is 11.8 Å². The summed E-state index contributed by atoms with van der Waals surface area (Å²) in [6, 6.07) is 10.5. The van der Waals surface area contributed by atoms with E-state index in [2.05, 4.69) is 9.80 Å². The summed E-state index contributed by atoms with van der Waals surface area (Å²) < 4.78 is 32.2. The lowest BCUT2D eigenvalue weighted by molar-refractivity contribution is 0.104. The van der Waals surface area contributed by atoms with Gasteiger partial charge in [0.05, 0.1) is 18.5 Å². The standard InChI is InChI=1S/C23H20F2N2O2S/c1-14-13-27-20(8-9-21(28)16-10-17(24)12-18(25)11-16)22(26(2)23(27)30-14)15-4-6-19(29-3)7-5-15/h4-13,23H,1-3H3/b9-8+. The minimum atomic E-state index is -0.778. The third-order valence-electron chi connectivity index (χ3n) is 4.96. The molecule has 0 saturated carbocycles. The molecule has 2 aromatic rings. The summed E-state index contributed by atoms with van der Waals surface area (Å²) >= 11 is 1.72. The Balaban J connectivity index is 1.74. The molecule has 0 amide bonds. The van der Waals surface area contributed by atoms with Crippen LogP contribution in [-0.4, -0.2) is 35.2 Å². The molecule has 0 saturated heterocycles. The molecule has 0 aromatic heterocycles. The van der Waals surface area contributed by atoms with Gasteiger partial charge in [-0.3, -0.25) is 4.79 Å². The Morgan fingerprint density at radius 1 is 1.13 bits per heavy atom. The third-order valence-corrected chi connectivity index (χ3v) is 6.19. The first-order valence-corrected chi connectivity index (χ1v) is 10.2. The van der Waals surface area contributed by atoms with E-state index in [4.69, 9.17) is 4.74 Å². The molecule has 2 aliphatic rings. The van der Waals surface area contributed by atoms with Crippen molar-refractivity contribution in [2.75, 3.05) is 14.2 Å². The number of hydrogen-bond donors (Lipinski definition) is 0. The predicted molar refractivity (Wildman–Crippen MR) is 114 cm³/mol. The molecule has 1 unspecified atom stereocenters. The average Bonchev–Trinajstić information content (AvgIpc) is 3.21. The highest BCUT2D eigenvalue weighted by Crippen LogP contribution is 2.46. The van der Waals surface area contributed by atoms with Crippen LogP contribution in [0.15, 0.2) is 71.4 Å². The second-order valence-electron chi connectivity index (χ2n) is 7.02. The van der Waals surface area contributed by atoms with Gasteiger partial charge in [0.25, 0.3) is 0 Å². The highest BCUT2D eigenvalue weighted by Gasteiger charge is 2.38. The molecule has 0 fully saturated rings. The number of ketones is 1. The number of ether oxygens (including phenoxy) is 1. The quantitative estimate of drug-likeness (QED) is 0.484. The number of rotatable bonds is 5. The largest absolute Gasteiger partial charge is 0.497 e. The fourth-order valence-electron chi connectivity index (χ4n) is 3.59. The first kappa shape index (κ1) is 20.2. The van der Waals surface area contributed by atoms with Gasteiger partial charge in [-0.25, -0.2) is 8.78 Å². The normalized spacial score (nSPS) is 18.3. The summed E-state index contributed by atoms with van der Waals surface area (Å²) in [6.45, 7) is 2.03.